The number of ether oxygens (including phenoxy) is 1. The van der Waals surface area contributed by atoms with Gasteiger partial charge in [-0.25, -0.2) is 0 Å². The Hall–Kier alpha value is -0.120. The van der Waals surface area contributed by atoms with Gasteiger partial charge >= 0.3 is 0 Å². The second-order valence-corrected chi connectivity index (χ2v) is 5.29. The molecule has 0 saturated carbocycles. The van der Waals surface area contributed by atoms with Crippen molar-refractivity contribution in [1.82, 2.24) is 4.90 Å². The molecule has 0 spiro atoms. The van der Waals surface area contributed by atoms with Gasteiger partial charge in [-0.1, -0.05) is 13.3 Å². The highest BCUT2D eigenvalue weighted by atomic mass is 16.5. The van der Waals surface area contributed by atoms with E-state index in [2.05, 4.69) is 11.8 Å². The molecule has 2 heterocycles. The second kappa shape index (κ2) is 5.48. The van der Waals surface area contributed by atoms with E-state index < -0.39 is 0 Å². The van der Waals surface area contributed by atoms with Gasteiger partial charge in [-0.05, 0) is 38.6 Å². The largest absolute Gasteiger partial charge is 0.381 e. The molecule has 3 heteroatoms. The van der Waals surface area contributed by atoms with Crippen molar-refractivity contribution in [2.45, 2.75) is 57.0 Å². The van der Waals surface area contributed by atoms with Gasteiger partial charge in [-0.3, -0.25) is 4.90 Å². The lowest BCUT2D eigenvalue weighted by Crippen LogP contribution is -2.61. The predicted octanol–water partition coefficient (Wildman–Crippen LogP) is 1.76. The van der Waals surface area contributed by atoms with Crippen LogP contribution < -0.4 is 5.73 Å². The summed E-state index contributed by atoms with van der Waals surface area (Å²) < 4.78 is 5.50. The van der Waals surface area contributed by atoms with Crippen LogP contribution in [0, 0.1) is 0 Å². The summed E-state index contributed by atoms with van der Waals surface area (Å²) in [6.07, 6.45) is 7.62. The summed E-state index contributed by atoms with van der Waals surface area (Å²) in [5, 5.41) is 0. The van der Waals surface area contributed by atoms with E-state index in [1.165, 1.54) is 32.2 Å². The van der Waals surface area contributed by atoms with Crippen molar-refractivity contribution in [3.8, 4) is 0 Å². The molecule has 0 amide bonds. The first-order chi connectivity index (χ1) is 7.82. The Balaban J connectivity index is 2.10. The van der Waals surface area contributed by atoms with E-state index in [0.717, 1.165) is 38.6 Å². The van der Waals surface area contributed by atoms with E-state index in [1.54, 1.807) is 0 Å². The third-order valence-corrected chi connectivity index (χ3v) is 4.51. The molecule has 2 saturated heterocycles. The highest BCUT2D eigenvalue weighted by molar-refractivity contribution is 4.97. The molecule has 0 radical (unpaired) electrons. The first kappa shape index (κ1) is 12.3. The smallest absolute Gasteiger partial charge is 0.0484 e. The van der Waals surface area contributed by atoms with Crippen LogP contribution in [0.5, 0.6) is 0 Å². The van der Waals surface area contributed by atoms with Gasteiger partial charge in [-0.2, -0.15) is 0 Å². The summed E-state index contributed by atoms with van der Waals surface area (Å²) in [6.45, 7) is 6.14. The van der Waals surface area contributed by atoms with Crippen LogP contribution in [-0.2, 0) is 4.74 Å². The number of likely N-dealkylation sites (tertiary alicyclic amines) is 1. The van der Waals surface area contributed by atoms with Gasteiger partial charge in [-0.15, -0.1) is 0 Å². The molecule has 16 heavy (non-hydrogen) atoms. The zero-order valence-corrected chi connectivity index (χ0v) is 10.6. The van der Waals surface area contributed by atoms with Crippen molar-refractivity contribution < 1.29 is 4.74 Å². The van der Waals surface area contributed by atoms with Gasteiger partial charge in [0, 0.05) is 31.3 Å². The van der Waals surface area contributed by atoms with Crippen molar-refractivity contribution in [3.63, 3.8) is 0 Å². The van der Waals surface area contributed by atoms with Gasteiger partial charge in [0.05, 0.1) is 0 Å². The number of hydrogen-bond acceptors (Lipinski definition) is 3. The molecule has 2 aliphatic heterocycles. The monoisotopic (exact) mass is 226 g/mol. The van der Waals surface area contributed by atoms with Crippen molar-refractivity contribution in [2.24, 2.45) is 5.73 Å². The van der Waals surface area contributed by atoms with E-state index in [4.69, 9.17) is 10.5 Å². The van der Waals surface area contributed by atoms with Gasteiger partial charge in [0.2, 0.25) is 0 Å². The fourth-order valence-electron chi connectivity index (χ4n) is 3.41. The normalized spacial score (nSPS) is 31.5. The minimum Gasteiger partial charge on any atom is -0.381 e. The average molecular weight is 226 g/mol. The minimum absolute atomic E-state index is 0.249. The maximum absolute atomic E-state index is 6.09. The Labute approximate surface area is 99.3 Å². The summed E-state index contributed by atoms with van der Waals surface area (Å²) >= 11 is 0. The summed E-state index contributed by atoms with van der Waals surface area (Å²) in [5.41, 5.74) is 6.34. The van der Waals surface area contributed by atoms with Crippen LogP contribution in [0.3, 0.4) is 0 Å². The lowest BCUT2D eigenvalue weighted by atomic mass is 9.83. The fourth-order valence-corrected chi connectivity index (χ4v) is 3.41. The molecule has 0 aromatic heterocycles. The van der Waals surface area contributed by atoms with Gasteiger partial charge in [0.25, 0.3) is 0 Å². The standard InChI is InChI=1S/C13H26N2O/c1-2-12-5-3-4-8-15(12)13(11-14)6-9-16-10-7-13/h12H,2-11,14H2,1H3. The Bertz CT molecular complexity index is 214. The number of rotatable bonds is 3. The molecule has 2 rings (SSSR count). The maximum Gasteiger partial charge on any atom is 0.0484 e. The second-order valence-electron chi connectivity index (χ2n) is 5.29. The number of piperidine rings is 1. The molecule has 2 aliphatic rings. The van der Waals surface area contributed by atoms with Crippen molar-refractivity contribution in [1.29, 1.82) is 0 Å². The minimum atomic E-state index is 0.249. The quantitative estimate of drug-likeness (QED) is 0.797. The van der Waals surface area contributed by atoms with Gasteiger partial charge in [0.1, 0.15) is 0 Å². The highest BCUT2D eigenvalue weighted by Crippen LogP contribution is 2.33. The molecule has 2 fully saturated rings. The first-order valence-electron chi connectivity index (χ1n) is 6.87. The topological polar surface area (TPSA) is 38.5 Å². The van der Waals surface area contributed by atoms with E-state index in [9.17, 15) is 0 Å². The molecule has 1 atom stereocenters. The Kier molecular flexibility index (Phi) is 4.22. The van der Waals surface area contributed by atoms with Crippen molar-refractivity contribution in [2.75, 3.05) is 26.3 Å². The summed E-state index contributed by atoms with van der Waals surface area (Å²) in [4.78, 5) is 2.72. The summed E-state index contributed by atoms with van der Waals surface area (Å²) in [6, 6.07) is 0.760. The molecule has 0 aromatic rings. The molecule has 94 valence electrons. The van der Waals surface area contributed by atoms with E-state index >= 15 is 0 Å². The molecule has 0 bridgehead atoms. The third kappa shape index (κ3) is 2.27. The lowest BCUT2D eigenvalue weighted by molar-refractivity contribution is -0.0555. The van der Waals surface area contributed by atoms with Crippen LogP contribution in [0.1, 0.15) is 45.4 Å². The van der Waals surface area contributed by atoms with Crippen molar-refractivity contribution in [3.05, 3.63) is 0 Å². The average Bonchev–Trinajstić information content (AvgIpc) is 2.39. The zero-order valence-electron chi connectivity index (χ0n) is 10.6. The van der Waals surface area contributed by atoms with Crippen LogP contribution in [0.4, 0.5) is 0 Å². The molecular formula is C13H26N2O. The number of nitrogens with zero attached hydrogens (tertiary/aromatic N) is 1. The maximum atomic E-state index is 6.09. The summed E-state index contributed by atoms with van der Waals surface area (Å²) in [7, 11) is 0. The molecule has 0 aromatic carbocycles. The first-order valence-corrected chi connectivity index (χ1v) is 6.87. The van der Waals surface area contributed by atoms with Crippen LogP contribution in [-0.4, -0.2) is 42.8 Å². The van der Waals surface area contributed by atoms with Crippen LogP contribution in [0.2, 0.25) is 0 Å². The highest BCUT2D eigenvalue weighted by Gasteiger charge is 2.40. The van der Waals surface area contributed by atoms with Gasteiger partial charge in [0.15, 0.2) is 0 Å². The van der Waals surface area contributed by atoms with Crippen LogP contribution in [0.15, 0.2) is 0 Å². The van der Waals surface area contributed by atoms with E-state index in [-0.39, 0.29) is 5.54 Å². The van der Waals surface area contributed by atoms with Crippen LogP contribution >= 0.6 is 0 Å². The number of hydrogen-bond donors (Lipinski definition) is 1. The van der Waals surface area contributed by atoms with E-state index in [1.807, 2.05) is 0 Å². The Morgan fingerprint density at radius 2 is 2.06 bits per heavy atom. The van der Waals surface area contributed by atoms with Gasteiger partial charge < -0.3 is 10.5 Å². The predicted molar refractivity (Wildman–Crippen MR) is 66.5 cm³/mol. The molecule has 0 aliphatic carbocycles. The molecule has 1 unspecified atom stereocenters. The molecule has 2 N–H and O–H groups in total. The summed E-state index contributed by atoms with van der Waals surface area (Å²) in [5.74, 6) is 0. The molecular weight excluding hydrogens is 200 g/mol. The Morgan fingerprint density at radius 3 is 2.69 bits per heavy atom. The molecule has 3 nitrogen and oxygen atoms in total. The Morgan fingerprint density at radius 1 is 1.31 bits per heavy atom. The third-order valence-electron chi connectivity index (χ3n) is 4.51. The number of nitrogens with two attached hydrogens (primary N) is 1. The van der Waals surface area contributed by atoms with Crippen molar-refractivity contribution >= 4 is 0 Å². The fraction of sp³-hybridized carbons (Fsp3) is 1.00. The lowest BCUT2D eigenvalue weighted by Gasteiger charge is -2.51. The SMILES string of the molecule is CCC1CCCCN1C1(CN)CCOCC1. The van der Waals surface area contributed by atoms with Crippen LogP contribution in [0.25, 0.3) is 0 Å². The van der Waals surface area contributed by atoms with E-state index in [0.29, 0.717) is 0 Å². The zero-order chi connectivity index (χ0) is 11.4.